The Hall–Kier alpha value is -1.93. The van der Waals surface area contributed by atoms with Crippen molar-refractivity contribution in [2.45, 2.75) is 18.7 Å². The first-order chi connectivity index (χ1) is 9.86. The van der Waals surface area contributed by atoms with Gasteiger partial charge < -0.3 is 10.6 Å². The van der Waals surface area contributed by atoms with Crippen LogP contribution in [0.2, 0.25) is 0 Å². The molecule has 8 heteroatoms. The molecule has 0 radical (unpaired) electrons. The summed E-state index contributed by atoms with van der Waals surface area (Å²) in [5, 5.41) is 5.17. The molecule has 0 unspecified atom stereocenters. The zero-order valence-corrected chi connectivity index (χ0v) is 12.8. The first kappa shape index (κ1) is 17.1. The largest absolute Gasteiger partial charge is 0.355 e. The number of hydrogen-bond acceptors (Lipinski definition) is 4. The average Bonchev–Trinajstić information content (AvgIpc) is 2.43. The summed E-state index contributed by atoms with van der Waals surface area (Å²) in [6.45, 7) is 4.03. The van der Waals surface area contributed by atoms with E-state index in [1.165, 1.54) is 31.2 Å². The molecule has 0 saturated carbocycles. The van der Waals surface area contributed by atoms with Crippen LogP contribution >= 0.6 is 0 Å². The molecule has 0 aliphatic heterocycles. The Balaban J connectivity index is 2.61. The van der Waals surface area contributed by atoms with Crippen molar-refractivity contribution in [2.75, 3.05) is 19.6 Å². The van der Waals surface area contributed by atoms with Crippen LogP contribution in [0.25, 0.3) is 0 Å². The van der Waals surface area contributed by atoms with Crippen LogP contribution in [0.1, 0.15) is 24.2 Å². The van der Waals surface area contributed by atoms with Crippen LogP contribution in [-0.2, 0) is 14.8 Å². The molecule has 1 aromatic carbocycles. The lowest BCUT2D eigenvalue weighted by molar-refractivity contribution is -0.118. The summed E-state index contributed by atoms with van der Waals surface area (Å²) in [5.74, 6) is -0.491. The molecule has 1 rings (SSSR count). The summed E-state index contributed by atoms with van der Waals surface area (Å²) in [7, 11) is -3.51. The number of carbonyl (C=O) groups is 2. The number of sulfonamides is 1. The van der Waals surface area contributed by atoms with E-state index in [-0.39, 0.29) is 16.7 Å². The average molecular weight is 313 g/mol. The first-order valence-electron chi connectivity index (χ1n) is 6.49. The Labute approximate surface area is 124 Å². The van der Waals surface area contributed by atoms with Gasteiger partial charge in [-0.1, -0.05) is 6.92 Å². The maximum Gasteiger partial charge on any atom is 0.251 e. The van der Waals surface area contributed by atoms with Crippen LogP contribution in [0.4, 0.5) is 0 Å². The third-order valence-electron chi connectivity index (χ3n) is 2.55. The number of carbonyl (C=O) groups excluding carboxylic acids is 2. The van der Waals surface area contributed by atoms with E-state index in [9.17, 15) is 18.0 Å². The lowest BCUT2D eigenvalue weighted by atomic mass is 10.2. The molecular formula is C13H19N3O4S. The second kappa shape index (κ2) is 7.75. The smallest absolute Gasteiger partial charge is 0.251 e. The predicted molar refractivity (Wildman–Crippen MR) is 78.3 cm³/mol. The van der Waals surface area contributed by atoms with E-state index in [2.05, 4.69) is 15.4 Å². The van der Waals surface area contributed by atoms with Crippen LogP contribution < -0.4 is 15.4 Å². The molecule has 1 aromatic rings. The quantitative estimate of drug-likeness (QED) is 0.609. The first-order valence-corrected chi connectivity index (χ1v) is 7.97. The third kappa shape index (κ3) is 5.52. The Bertz CT molecular complexity index is 596. The molecule has 0 bridgehead atoms. The second-order valence-electron chi connectivity index (χ2n) is 4.26. The van der Waals surface area contributed by atoms with Crippen molar-refractivity contribution in [2.24, 2.45) is 0 Å². The van der Waals surface area contributed by atoms with Gasteiger partial charge in [-0.05, 0) is 24.3 Å². The van der Waals surface area contributed by atoms with E-state index >= 15 is 0 Å². The maximum absolute atomic E-state index is 11.8. The van der Waals surface area contributed by atoms with Gasteiger partial charge in [0.25, 0.3) is 5.91 Å². The maximum atomic E-state index is 11.8. The highest BCUT2D eigenvalue weighted by Gasteiger charge is 2.13. The number of amides is 2. The number of rotatable bonds is 7. The summed E-state index contributed by atoms with van der Waals surface area (Å²) in [6.07, 6.45) is 0. The van der Waals surface area contributed by atoms with Crippen LogP contribution in [0.15, 0.2) is 29.2 Å². The molecule has 0 spiro atoms. The molecule has 7 nitrogen and oxygen atoms in total. The summed E-state index contributed by atoms with van der Waals surface area (Å²) < 4.78 is 25.8. The molecule has 21 heavy (non-hydrogen) atoms. The molecule has 0 fully saturated rings. The van der Waals surface area contributed by atoms with Gasteiger partial charge in [0.15, 0.2) is 0 Å². The molecular weight excluding hydrogens is 294 g/mol. The Morgan fingerprint density at radius 3 is 2.14 bits per heavy atom. The molecule has 3 N–H and O–H groups in total. The van der Waals surface area contributed by atoms with Crippen molar-refractivity contribution >= 4 is 21.8 Å². The van der Waals surface area contributed by atoms with Crippen molar-refractivity contribution < 1.29 is 18.0 Å². The van der Waals surface area contributed by atoms with Gasteiger partial charge in [-0.2, -0.15) is 0 Å². The number of hydrogen-bond donors (Lipinski definition) is 3. The molecule has 116 valence electrons. The summed E-state index contributed by atoms with van der Waals surface area (Å²) >= 11 is 0. The fraction of sp³-hybridized carbons (Fsp3) is 0.385. The van der Waals surface area contributed by atoms with E-state index < -0.39 is 10.0 Å². The molecule has 0 heterocycles. The van der Waals surface area contributed by atoms with Crippen LogP contribution in [-0.4, -0.2) is 39.9 Å². The molecule has 0 atom stereocenters. The molecule has 0 saturated heterocycles. The topological polar surface area (TPSA) is 104 Å². The number of nitrogens with one attached hydrogen (secondary N) is 3. The lowest BCUT2D eigenvalue weighted by Crippen LogP contribution is -2.33. The molecule has 2 amide bonds. The SMILES string of the molecule is CCNS(=O)(=O)c1ccc(C(=O)NCCNC(C)=O)cc1. The van der Waals surface area contributed by atoms with Crippen LogP contribution in [0.5, 0.6) is 0 Å². The van der Waals surface area contributed by atoms with Crippen molar-refractivity contribution in [1.29, 1.82) is 0 Å². The van der Waals surface area contributed by atoms with Crippen LogP contribution in [0, 0.1) is 0 Å². The third-order valence-corrected chi connectivity index (χ3v) is 4.11. The van der Waals surface area contributed by atoms with Crippen molar-refractivity contribution in [1.82, 2.24) is 15.4 Å². The predicted octanol–water partition coefficient (Wildman–Crippen LogP) is -0.149. The van der Waals surface area contributed by atoms with E-state index in [0.29, 0.717) is 25.2 Å². The fourth-order valence-electron chi connectivity index (χ4n) is 1.58. The van der Waals surface area contributed by atoms with E-state index in [1.54, 1.807) is 6.92 Å². The second-order valence-corrected chi connectivity index (χ2v) is 6.03. The zero-order valence-electron chi connectivity index (χ0n) is 12.0. The molecule has 0 aromatic heterocycles. The van der Waals surface area contributed by atoms with E-state index in [4.69, 9.17) is 0 Å². The minimum absolute atomic E-state index is 0.110. The Morgan fingerprint density at radius 1 is 1.05 bits per heavy atom. The molecule has 0 aliphatic carbocycles. The van der Waals surface area contributed by atoms with Gasteiger partial charge in [0.2, 0.25) is 15.9 Å². The van der Waals surface area contributed by atoms with Crippen LogP contribution in [0.3, 0.4) is 0 Å². The van der Waals surface area contributed by atoms with Gasteiger partial charge >= 0.3 is 0 Å². The van der Waals surface area contributed by atoms with Gasteiger partial charge in [-0.25, -0.2) is 13.1 Å². The van der Waals surface area contributed by atoms with E-state index in [1.807, 2.05) is 0 Å². The summed E-state index contributed by atoms with van der Waals surface area (Å²) in [4.78, 5) is 22.6. The van der Waals surface area contributed by atoms with Gasteiger partial charge in [0.05, 0.1) is 4.90 Å². The Kier molecular flexibility index (Phi) is 6.32. The highest BCUT2D eigenvalue weighted by Crippen LogP contribution is 2.10. The monoisotopic (exact) mass is 313 g/mol. The summed E-state index contributed by atoms with van der Waals surface area (Å²) in [6, 6.07) is 5.64. The van der Waals surface area contributed by atoms with Gasteiger partial charge in [-0.3, -0.25) is 9.59 Å². The normalized spacial score (nSPS) is 11.0. The van der Waals surface area contributed by atoms with Crippen molar-refractivity contribution in [3.63, 3.8) is 0 Å². The molecule has 0 aliphatic rings. The van der Waals surface area contributed by atoms with Crippen molar-refractivity contribution in [3.05, 3.63) is 29.8 Å². The van der Waals surface area contributed by atoms with E-state index in [0.717, 1.165) is 0 Å². The summed E-state index contributed by atoms with van der Waals surface area (Å²) in [5.41, 5.74) is 0.355. The highest BCUT2D eigenvalue weighted by molar-refractivity contribution is 7.89. The minimum atomic E-state index is -3.51. The minimum Gasteiger partial charge on any atom is -0.355 e. The van der Waals surface area contributed by atoms with Gasteiger partial charge in [0.1, 0.15) is 0 Å². The lowest BCUT2D eigenvalue weighted by Gasteiger charge is -2.07. The van der Waals surface area contributed by atoms with Crippen molar-refractivity contribution in [3.8, 4) is 0 Å². The standard InChI is InChI=1S/C13H19N3O4S/c1-3-16-21(19,20)12-6-4-11(5-7-12)13(18)15-9-8-14-10(2)17/h4-7,16H,3,8-9H2,1-2H3,(H,14,17)(H,15,18). The van der Waals surface area contributed by atoms with Gasteiger partial charge in [-0.15, -0.1) is 0 Å². The Morgan fingerprint density at radius 2 is 1.62 bits per heavy atom. The zero-order chi connectivity index (χ0) is 15.9. The van der Waals surface area contributed by atoms with Gasteiger partial charge in [0, 0.05) is 32.1 Å². The fourth-order valence-corrected chi connectivity index (χ4v) is 2.62. The number of benzene rings is 1. The highest BCUT2D eigenvalue weighted by atomic mass is 32.2.